The van der Waals surface area contributed by atoms with Gasteiger partial charge in [0.2, 0.25) is 0 Å². The molecule has 9 atom stereocenters. The van der Waals surface area contributed by atoms with Gasteiger partial charge in [-0.2, -0.15) is 0 Å². The summed E-state index contributed by atoms with van der Waals surface area (Å²) in [6, 6.07) is 8.01. The number of rotatable bonds is 4. The molecule has 0 saturated heterocycles. The van der Waals surface area contributed by atoms with E-state index in [-0.39, 0.29) is 22.2 Å². The Hall–Kier alpha value is -2.36. The van der Waals surface area contributed by atoms with Crippen LogP contribution in [-0.4, -0.2) is 24.0 Å². The van der Waals surface area contributed by atoms with Gasteiger partial charge in [-0.05, 0) is 128 Å². The monoisotopic (exact) mass is 572 g/mol. The summed E-state index contributed by atoms with van der Waals surface area (Å²) in [6.07, 6.45) is 10.8. The second-order valence-corrected chi connectivity index (χ2v) is 16.3. The Morgan fingerprint density at radius 1 is 0.952 bits per heavy atom. The van der Waals surface area contributed by atoms with Crippen molar-refractivity contribution >= 4 is 17.8 Å². The van der Waals surface area contributed by atoms with Gasteiger partial charge in [-0.3, -0.25) is 9.59 Å². The first kappa shape index (κ1) is 29.7. The van der Waals surface area contributed by atoms with Crippen LogP contribution in [0.4, 0.5) is 0 Å². The average Bonchev–Trinajstić information content (AvgIpc) is 3.34. The van der Waals surface area contributed by atoms with Crippen molar-refractivity contribution in [2.75, 3.05) is 7.11 Å². The number of benzene rings is 1. The van der Waals surface area contributed by atoms with Crippen LogP contribution >= 0.6 is 0 Å². The Labute approximate surface area is 253 Å². The lowest BCUT2D eigenvalue weighted by Gasteiger charge is -2.72. The van der Waals surface area contributed by atoms with Crippen molar-refractivity contribution in [3.05, 3.63) is 47.6 Å². The molecule has 0 spiro atoms. The van der Waals surface area contributed by atoms with Crippen LogP contribution in [0.1, 0.15) is 105 Å². The van der Waals surface area contributed by atoms with Crippen LogP contribution in [0.25, 0.3) is 6.08 Å². The van der Waals surface area contributed by atoms with Crippen LogP contribution in [-0.2, 0) is 9.59 Å². The van der Waals surface area contributed by atoms with Gasteiger partial charge in [0.15, 0.2) is 5.78 Å². The third-order valence-electron chi connectivity index (χ3n) is 14.5. The van der Waals surface area contributed by atoms with E-state index in [0.717, 1.165) is 74.7 Å². The molecular formula is C38H52O4. The molecule has 5 aliphatic carbocycles. The highest BCUT2D eigenvalue weighted by Gasteiger charge is 2.72. The number of ether oxygens (including phenoxy) is 1. The topological polar surface area (TPSA) is 63.6 Å². The minimum atomic E-state index is -0.595. The molecule has 0 bridgehead atoms. The number of fused-ring (bicyclic) bond motifs is 7. The van der Waals surface area contributed by atoms with Crippen LogP contribution in [0.15, 0.2) is 42.0 Å². The second kappa shape index (κ2) is 9.57. The predicted molar refractivity (Wildman–Crippen MR) is 168 cm³/mol. The molecule has 1 aromatic carbocycles. The van der Waals surface area contributed by atoms with E-state index in [9.17, 15) is 14.7 Å². The molecule has 0 amide bonds. The minimum Gasteiger partial charge on any atom is -0.496 e. The maximum atomic E-state index is 14.1. The predicted octanol–water partition coefficient (Wildman–Crippen LogP) is 9.00. The number of para-hydroxylation sites is 1. The van der Waals surface area contributed by atoms with Crippen molar-refractivity contribution in [3.8, 4) is 5.75 Å². The number of ketones is 1. The van der Waals surface area contributed by atoms with Crippen LogP contribution in [0.5, 0.6) is 5.75 Å². The summed E-state index contributed by atoms with van der Waals surface area (Å²) in [4.78, 5) is 27.1. The van der Waals surface area contributed by atoms with Gasteiger partial charge in [0.05, 0.1) is 12.5 Å². The van der Waals surface area contributed by atoms with Crippen LogP contribution < -0.4 is 4.74 Å². The van der Waals surface area contributed by atoms with E-state index in [0.29, 0.717) is 29.5 Å². The van der Waals surface area contributed by atoms with Crippen molar-refractivity contribution in [3.63, 3.8) is 0 Å². The molecule has 0 aliphatic heterocycles. The normalized spacial score (nSPS) is 44.9. The highest BCUT2D eigenvalue weighted by atomic mass is 16.5. The molecule has 1 N–H and O–H groups in total. The zero-order valence-electron chi connectivity index (χ0n) is 27.0. The first-order chi connectivity index (χ1) is 19.7. The maximum Gasteiger partial charge on any atom is 0.309 e. The molecular weight excluding hydrogens is 520 g/mol. The summed E-state index contributed by atoms with van der Waals surface area (Å²) >= 11 is 0. The molecule has 0 radical (unpaired) electrons. The Morgan fingerprint density at radius 3 is 2.33 bits per heavy atom. The Kier molecular flexibility index (Phi) is 6.77. The summed E-state index contributed by atoms with van der Waals surface area (Å²) in [5.41, 5.74) is 2.23. The summed E-state index contributed by atoms with van der Waals surface area (Å²) in [6.45, 7) is 18.5. The zero-order chi connectivity index (χ0) is 30.5. The van der Waals surface area contributed by atoms with Crippen molar-refractivity contribution in [2.45, 2.75) is 99.3 Å². The van der Waals surface area contributed by atoms with Gasteiger partial charge in [0.25, 0.3) is 0 Å². The number of hydrogen-bond donors (Lipinski definition) is 1. The van der Waals surface area contributed by atoms with Gasteiger partial charge in [-0.25, -0.2) is 0 Å². The molecule has 228 valence electrons. The third kappa shape index (κ3) is 3.71. The van der Waals surface area contributed by atoms with E-state index < -0.39 is 16.8 Å². The van der Waals surface area contributed by atoms with Gasteiger partial charge < -0.3 is 9.84 Å². The molecule has 0 aromatic heterocycles. The summed E-state index contributed by atoms with van der Waals surface area (Å²) < 4.78 is 5.66. The minimum absolute atomic E-state index is 0.00297. The van der Waals surface area contributed by atoms with E-state index in [1.54, 1.807) is 7.11 Å². The SMILES string of the molecule is C=C(C)[C@H]1CC[C@@]2(C(=O)O)CC[C@]3(C)[C@@H](CC[C@H]4[C@@]5(C)CC(=Cc6ccccc6OC)C(=O)C(C)(C)[C@H]5CC[C@]43C)[C@H]12. The van der Waals surface area contributed by atoms with Crippen molar-refractivity contribution in [1.29, 1.82) is 0 Å². The molecule has 4 heteroatoms. The van der Waals surface area contributed by atoms with Crippen molar-refractivity contribution in [1.82, 2.24) is 0 Å². The maximum absolute atomic E-state index is 14.1. The number of aliphatic carboxylic acids is 1. The molecule has 1 aromatic rings. The third-order valence-corrected chi connectivity index (χ3v) is 14.5. The van der Waals surface area contributed by atoms with E-state index in [1.807, 2.05) is 24.3 Å². The van der Waals surface area contributed by atoms with Crippen molar-refractivity contribution in [2.24, 2.45) is 56.7 Å². The highest BCUT2D eigenvalue weighted by molar-refractivity contribution is 6.04. The van der Waals surface area contributed by atoms with Gasteiger partial charge in [-0.15, -0.1) is 0 Å². The van der Waals surface area contributed by atoms with Crippen molar-refractivity contribution < 1.29 is 19.4 Å². The Bertz CT molecular complexity index is 1350. The Balaban J connectivity index is 1.42. The zero-order valence-corrected chi connectivity index (χ0v) is 27.0. The lowest BCUT2D eigenvalue weighted by atomic mass is 9.32. The number of carbonyl (C=O) groups excluding carboxylic acids is 1. The molecule has 42 heavy (non-hydrogen) atoms. The number of allylic oxidation sites excluding steroid dienone is 2. The lowest BCUT2D eigenvalue weighted by Crippen LogP contribution is -2.67. The van der Waals surface area contributed by atoms with Gasteiger partial charge in [0, 0.05) is 11.0 Å². The highest BCUT2D eigenvalue weighted by Crippen LogP contribution is 2.77. The first-order valence-electron chi connectivity index (χ1n) is 16.4. The van der Waals surface area contributed by atoms with E-state index >= 15 is 0 Å². The molecule has 4 nitrogen and oxygen atoms in total. The molecule has 0 heterocycles. The first-order valence-corrected chi connectivity index (χ1v) is 16.4. The number of methoxy groups -OCH3 is 1. The molecule has 5 fully saturated rings. The Morgan fingerprint density at radius 2 is 1.67 bits per heavy atom. The fourth-order valence-corrected chi connectivity index (χ4v) is 12.5. The summed E-state index contributed by atoms with van der Waals surface area (Å²) in [5, 5.41) is 10.7. The second-order valence-electron chi connectivity index (χ2n) is 16.3. The number of hydrogen-bond acceptors (Lipinski definition) is 3. The number of carboxylic acid groups (broad SMARTS) is 1. The van der Waals surface area contributed by atoms with Gasteiger partial charge >= 0.3 is 5.97 Å². The fraction of sp³-hybridized carbons (Fsp3) is 0.684. The number of carboxylic acids is 1. The summed E-state index contributed by atoms with van der Waals surface area (Å²) in [5.74, 6) is 2.23. The largest absolute Gasteiger partial charge is 0.496 e. The molecule has 5 aliphatic rings. The number of Topliss-reactive ketones (excluding diaryl/α,β-unsaturated/α-hetero) is 1. The van der Waals surface area contributed by atoms with Crippen LogP contribution in [0.3, 0.4) is 0 Å². The summed E-state index contributed by atoms with van der Waals surface area (Å²) in [7, 11) is 1.69. The van der Waals surface area contributed by atoms with E-state index in [4.69, 9.17) is 4.74 Å². The van der Waals surface area contributed by atoms with E-state index in [2.05, 4.69) is 54.2 Å². The number of carbonyl (C=O) groups is 2. The fourth-order valence-electron chi connectivity index (χ4n) is 12.5. The van der Waals surface area contributed by atoms with Crippen LogP contribution in [0.2, 0.25) is 0 Å². The quantitative estimate of drug-likeness (QED) is 0.289. The standard InChI is InChI=1S/C38H52O4/c1-23(2)26-15-18-38(33(40)41)20-19-36(6)27(31(26)38)13-14-30-35(5)22-25(21-24-11-9-10-12-28(24)42-8)32(39)34(3,4)29(35)16-17-37(30,36)7/h9-12,21,26-27,29-31H,1,13-20,22H2,2-8H3,(H,40,41)/t26-,27+,29-,30+,31+,35+,36-,37-,38-/m1/s1. The molecule has 6 rings (SSSR count). The van der Waals surface area contributed by atoms with Gasteiger partial charge in [-0.1, -0.05) is 65.0 Å². The average molecular weight is 573 g/mol. The van der Waals surface area contributed by atoms with E-state index in [1.165, 1.54) is 5.57 Å². The smallest absolute Gasteiger partial charge is 0.309 e. The molecule has 5 saturated carbocycles. The van der Waals surface area contributed by atoms with Crippen LogP contribution in [0, 0.1) is 56.7 Å². The lowest BCUT2D eigenvalue weighted by molar-refractivity contribution is -0.231. The molecule has 0 unspecified atom stereocenters. The van der Waals surface area contributed by atoms with Gasteiger partial charge in [0.1, 0.15) is 5.75 Å².